The molecule has 1 unspecified atom stereocenters. The maximum Gasteiger partial charge on any atom is 0.407 e. The van der Waals surface area contributed by atoms with Crippen molar-refractivity contribution in [1.29, 1.82) is 0 Å². The second-order valence-corrected chi connectivity index (χ2v) is 8.36. The molecule has 0 heterocycles. The standard InChI is InChI=1S/C25H22BrNO5/c1-31-15-10-11-22(26)20(12-15)23(13-24(28)29)27-25(30)32-14-21-18-8-4-2-6-16(18)17-7-3-5-9-19(17)21/h2-12,21,23H,13-14H2,1H3,(H,27,30)(H,28,29). The summed E-state index contributed by atoms with van der Waals surface area (Å²) in [4.78, 5) is 24.1. The number of aliphatic carboxylic acids is 1. The molecule has 0 radical (unpaired) electrons. The zero-order chi connectivity index (χ0) is 22.7. The van der Waals surface area contributed by atoms with Gasteiger partial charge in [-0.3, -0.25) is 4.79 Å². The third kappa shape index (κ3) is 4.48. The van der Waals surface area contributed by atoms with Crippen molar-refractivity contribution in [3.63, 3.8) is 0 Å². The van der Waals surface area contributed by atoms with Crippen molar-refractivity contribution < 1.29 is 24.2 Å². The van der Waals surface area contributed by atoms with Crippen molar-refractivity contribution in [2.24, 2.45) is 0 Å². The number of methoxy groups -OCH3 is 1. The fraction of sp³-hybridized carbons (Fsp3) is 0.200. The SMILES string of the molecule is COc1ccc(Br)c(C(CC(=O)O)NC(=O)OCC2c3ccccc3-c3ccccc32)c1. The van der Waals surface area contributed by atoms with E-state index in [0.717, 1.165) is 22.3 Å². The van der Waals surface area contributed by atoms with Crippen LogP contribution in [0.3, 0.4) is 0 Å². The molecule has 1 aliphatic rings. The summed E-state index contributed by atoms with van der Waals surface area (Å²) in [5, 5.41) is 12.1. The molecule has 6 nitrogen and oxygen atoms in total. The molecule has 1 amide bonds. The first kappa shape index (κ1) is 21.9. The van der Waals surface area contributed by atoms with Crippen molar-refractivity contribution >= 4 is 28.0 Å². The monoisotopic (exact) mass is 495 g/mol. The summed E-state index contributed by atoms with van der Waals surface area (Å²) in [7, 11) is 1.53. The van der Waals surface area contributed by atoms with Crippen LogP contribution in [0, 0.1) is 0 Å². The molecular formula is C25H22BrNO5. The predicted octanol–water partition coefficient (Wildman–Crippen LogP) is 5.51. The van der Waals surface area contributed by atoms with Gasteiger partial charge >= 0.3 is 12.1 Å². The smallest absolute Gasteiger partial charge is 0.407 e. The Balaban J connectivity index is 1.51. The Bertz CT molecular complexity index is 1120. The van der Waals surface area contributed by atoms with Crippen LogP contribution in [-0.4, -0.2) is 30.9 Å². The zero-order valence-electron chi connectivity index (χ0n) is 17.4. The highest BCUT2D eigenvalue weighted by atomic mass is 79.9. The molecule has 4 rings (SSSR count). The van der Waals surface area contributed by atoms with E-state index in [9.17, 15) is 14.7 Å². The molecule has 0 bridgehead atoms. The number of carboxylic acids is 1. The number of carbonyl (C=O) groups excluding carboxylic acids is 1. The number of halogens is 1. The maximum absolute atomic E-state index is 12.7. The number of ether oxygens (including phenoxy) is 2. The lowest BCUT2D eigenvalue weighted by Crippen LogP contribution is -2.32. The molecule has 0 aliphatic heterocycles. The van der Waals surface area contributed by atoms with Gasteiger partial charge in [0.1, 0.15) is 12.4 Å². The number of hydrogen-bond acceptors (Lipinski definition) is 4. The Labute approximate surface area is 194 Å². The minimum atomic E-state index is -1.04. The number of amides is 1. The fourth-order valence-electron chi connectivity index (χ4n) is 4.11. The van der Waals surface area contributed by atoms with Gasteiger partial charge in [-0.25, -0.2) is 4.79 Å². The molecule has 2 N–H and O–H groups in total. The van der Waals surface area contributed by atoms with Crippen LogP contribution in [0.25, 0.3) is 11.1 Å². The highest BCUT2D eigenvalue weighted by Gasteiger charge is 2.29. The minimum absolute atomic E-state index is 0.0744. The molecule has 0 saturated heterocycles. The molecule has 0 spiro atoms. The van der Waals surface area contributed by atoms with Crippen LogP contribution >= 0.6 is 15.9 Å². The molecular weight excluding hydrogens is 474 g/mol. The molecule has 32 heavy (non-hydrogen) atoms. The number of carbonyl (C=O) groups is 2. The van der Waals surface area contributed by atoms with E-state index in [0.29, 0.717) is 15.8 Å². The van der Waals surface area contributed by atoms with Crippen LogP contribution in [-0.2, 0) is 9.53 Å². The van der Waals surface area contributed by atoms with Gasteiger partial charge in [0, 0.05) is 10.4 Å². The van der Waals surface area contributed by atoms with Gasteiger partial charge in [0.05, 0.1) is 19.6 Å². The Morgan fingerprint density at radius 3 is 2.25 bits per heavy atom. The maximum atomic E-state index is 12.7. The number of alkyl carbamates (subject to hydrolysis) is 1. The third-order valence-corrected chi connectivity index (χ3v) is 6.32. The third-order valence-electron chi connectivity index (χ3n) is 5.59. The largest absolute Gasteiger partial charge is 0.497 e. The van der Waals surface area contributed by atoms with Crippen LogP contribution in [0.4, 0.5) is 4.79 Å². The second kappa shape index (κ2) is 9.44. The van der Waals surface area contributed by atoms with Crippen LogP contribution < -0.4 is 10.1 Å². The first-order valence-electron chi connectivity index (χ1n) is 10.1. The van der Waals surface area contributed by atoms with Crippen LogP contribution in [0.1, 0.15) is 35.1 Å². The number of rotatable bonds is 7. The Hall–Kier alpha value is -3.32. The molecule has 3 aromatic rings. The first-order chi connectivity index (χ1) is 15.5. The summed E-state index contributed by atoms with van der Waals surface area (Å²) >= 11 is 3.43. The summed E-state index contributed by atoms with van der Waals surface area (Å²) in [6.45, 7) is 0.152. The van der Waals surface area contributed by atoms with Gasteiger partial charge in [-0.2, -0.15) is 0 Å². The van der Waals surface area contributed by atoms with E-state index in [2.05, 4.69) is 33.4 Å². The summed E-state index contributed by atoms with van der Waals surface area (Å²) in [5.41, 5.74) is 5.10. The average Bonchev–Trinajstić information content (AvgIpc) is 3.11. The van der Waals surface area contributed by atoms with Crippen LogP contribution in [0.2, 0.25) is 0 Å². The highest BCUT2D eigenvalue weighted by molar-refractivity contribution is 9.10. The molecule has 0 aromatic heterocycles. The average molecular weight is 496 g/mol. The number of carboxylic acid groups (broad SMARTS) is 1. The molecule has 0 saturated carbocycles. The van der Waals surface area contributed by atoms with Gasteiger partial charge in [-0.05, 0) is 46.0 Å². The van der Waals surface area contributed by atoms with Crippen molar-refractivity contribution in [3.8, 4) is 16.9 Å². The lowest BCUT2D eigenvalue weighted by Gasteiger charge is -2.20. The van der Waals surface area contributed by atoms with Gasteiger partial charge in [-0.1, -0.05) is 64.5 Å². The molecule has 0 fully saturated rings. The van der Waals surface area contributed by atoms with E-state index >= 15 is 0 Å². The van der Waals surface area contributed by atoms with Gasteiger partial charge in [-0.15, -0.1) is 0 Å². The van der Waals surface area contributed by atoms with Crippen LogP contribution in [0.5, 0.6) is 5.75 Å². The number of nitrogens with one attached hydrogen (secondary N) is 1. The predicted molar refractivity (Wildman–Crippen MR) is 124 cm³/mol. The van der Waals surface area contributed by atoms with E-state index < -0.39 is 18.1 Å². The lowest BCUT2D eigenvalue weighted by molar-refractivity contribution is -0.137. The highest BCUT2D eigenvalue weighted by Crippen LogP contribution is 2.44. The summed E-state index contributed by atoms with van der Waals surface area (Å²) in [6, 6.07) is 20.6. The van der Waals surface area contributed by atoms with Crippen molar-refractivity contribution in [2.45, 2.75) is 18.4 Å². The summed E-state index contributed by atoms with van der Waals surface area (Å²) < 4.78 is 11.5. The normalized spacial score (nSPS) is 13.1. The number of benzene rings is 3. The van der Waals surface area contributed by atoms with Gasteiger partial charge < -0.3 is 19.9 Å². The van der Waals surface area contributed by atoms with E-state index in [1.807, 2.05) is 36.4 Å². The molecule has 1 aliphatic carbocycles. The molecule has 7 heteroatoms. The Kier molecular flexibility index (Phi) is 6.46. The van der Waals surface area contributed by atoms with Crippen LogP contribution in [0.15, 0.2) is 71.2 Å². The number of hydrogen-bond donors (Lipinski definition) is 2. The second-order valence-electron chi connectivity index (χ2n) is 7.51. The van der Waals surface area contributed by atoms with E-state index in [1.54, 1.807) is 18.2 Å². The molecule has 1 atom stereocenters. The zero-order valence-corrected chi connectivity index (χ0v) is 19.0. The minimum Gasteiger partial charge on any atom is -0.497 e. The Morgan fingerprint density at radius 2 is 1.66 bits per heavy atom. The van der Waals surface area contributed by atoms with E-state index in [-0.39, 0.29) is 18.9 Å². The quantitative estimate of drug-likeness (QED) is 0.451. The van der Waals surface area contributed by atoms with Crippen molar-refractivity contribution in [2.75, 3.05) is 13.7 Å². The summed E-state index contributed by atoms with van der Waals surface area (Å²) in [5.74, 6) is -0.550. The Morgan fingerprint density at radius 1 is 1.03 bits per heavy atom. The van der Waals surface area contributed by atoms with Gasteiger partial charge in [0.25, 0.3) is 0 Å². The number of fused-ring (bicyclic) bond motifs is 3. The lowest BCUT2D eigenvalue weighted by atomic mass is 9.98. The van der Waals surface area contributed by atoms with Gasteiger partial charge in [0.15, 0.2) is 0 Å². The van der Waals surface area contributed by atoms with Crippen molar-refractivity contribution in [1.82, 2.24) is 5.32 Å². The topological polar surface area (TPSA) is 84.9 Å². The first-order valence-corrected chi connectivity index (χ1v) is 10.9. The van der Waals surface area contributed by atoms with E-state index in [1.165, 1.54) is 7.11 Å². The fourth-order valence-corrected chi connectivity index (χ4v) is 4.63. The molecule has 3 aromatic carbocycles. The van der Waals surface area contributed by atoms with Gasteiger partial charge in [0.2, 0.25) is 0 Å². The summed E-state index contributed by atoms with van der Waals surface area (Å²) in [6.07, 6.45) is -0.969. The van der Waals surface area contributed by atoms with Crippen molar-refractivity contribution in [3.05, 3.63) is 87.9 Å². The van der Waals surface area contributed by atoms with E-state index in [4.69, 9.17) is 9.47 Å². The molecule has 164 valence electrons.